The molecule has 0 aliphatic carbocycles. The van der Waals surface area contributed by atoms with Gasteiger partial charge in [-0.05, 0) is 47.6 Å². The third-order valence-corrected chi connectivity index (χ3v) is 3.21. The maximum Gasteiger partial charge on any atom is 0.250 e. The Balaban J connectivity index is 1.78. The molecular formula is C16H14ClN3OS. The average molecular weight is 332 g/mol. The summed E-state index contributed by atoms with van der Waals surface area (Å²) in [4.78, 5) is 15.7. The van der Waals surface area contributed by atoms with Gasteiger partial charge in [-0.3, -0.25) is 15.1 Å². The highest BCUT2D eigenvalue weighted by Gasteiger charge is 2.00. The van der Waals surface area contributed by atoms with Crippen LogP contribution in [0.3, 0.4) is 0 Å². The molecule has 2 aromatic rings. The van der Waals surface area contributed by atoms with Crippen molar-refractivity contribution in [1.29, 1.82) is 0 Å². The third kappa shape index (κ3) is 5.63. The monoisotopic (exact) mass is 331 g/mol. The maximum atomic E-state index is 11.7. The van der Waals surface area contributed by atoms with Gasteiger partial charge in [0.2, 0.25) is 5.91 Å². The lowest BCUT2D eigenvalue weighted by Gasteiger charge is -2.07. The van der Waals surface area contributed by atoms with Crippen molar-refractivity contribution in [3.63, 3.8) is 0 Å². The van der Waals surface area contributed by atoms with E-state index in [9.17, 15) is 4.79 Å². The summed E-state index contributed by atoms with van der Waals surface area (Å²) in [7, 11) is 0. The van der Waals surface area contributed by atoms with Gasteiger partial charge in [0.15, 0.2) is 5.11 Å². The zero-order valence-corrected chi connectivity index (χ0v) is 13.2. The second-order valence-electron chi connectivity index (χ2n) is 4.42. The zero-order valence-electron chi connectivity index (χ0n) is 11.6. The molecule has 0 atom stereocenters. The number of hydrogen-bond acceptors (Lipinski definition) is 3. The van der Waals surface area contributed by atoms with Crippen LogP contribution in [-0.4, -0.2) is 16.0 Å². The molecule has 0 radical (unpaired) electrons. The Labute approximate surface area is 139 Å². The van der Waals surface area contributed by atoms with E-state index in [2.05, 4.69) is 15.6 Å². The van der Waals surface area contributed by atoms with E-state index < -0.39 is 0 Å². The number of rotatable bonds is 4. The van der Waals surface area contributed by atoms with Crippen LogP contribution in [0.1, 0.15) is 11.1 Å². The van der Waals surface area contributed by atoms with E-state index in [0.29, 0.717) is 11.6 Å². The molecule has 1 aromatic carbocycles. The summed E-state index contributed by atoms with van der Waals surface area (Å²) in [6.07, 6.45) is 6.54. The van der Waals surface area contributed by atoms with Gasteiger partial charge in [-0.15, -0.1) is 0 Å². The lowest BCUT2D eigenvalue weighted by molar-refractivity contribution is -0.115. The summed E-state index contributed by atoms with van der Waals surface area (Å²) in [6.45, 7) is 0.508. The molecule has 112 valence electrons. The van der Waals surface area contributed by atoms with Crippen LogP contribution in [0, 0.1) is 0 Å². The first-order valence-electron chi connectivity index (χ1n) is 6.55. The van der Waals surface area contributed by atoms with Gasteiger partial charge in [0.05, 0.1) is 0 Å². The topological polar surface area (TPSA) is 54.0 Å². The van der Waals surface area contributed by atoms with Gasteiger partial charge in [-0.25, -0.2) is 0 Å². The van der Waals surface area contributed by atoms with Crippen LogP contribution in [0.4, 0.5) is 0 Å². The molecule has 0 saturated heterocycles. The van der Waals surface area contributed by atoms with E-state index in [1.807, 2.05) is 24.3 Å². The third-order valence-electron chi connectivity index (χ3n) is 2.71. The molecule has 0 aliphatic heterocycles. The van der Waals surface area contributed by atoms with Crippen LogP contribution in [0.2, 0.25) is 5.02 Å². The number of hydrogen-bond donors (Lipinski definition) is 2. The Hall–Kier alpha value is -2.24. The number of carbonyl (C=O) groups excluding carboxylic acids is 1. The molecule has 2 N–H and O–H groups in total. The summed E-state index contributed by atoms with van der Waals surface area (Å²) < 4.78 is 0. The first-order valence-corrected chi connectivity index (χ1v) is 7.33. The predicted molar refractivity (Wildman–Crippen MR) is 92.3 cm³/mol. The van der Waals surface area contributed by atoms with Gasteiger partial charge >= 0.3 is 0 Å². The standard InChI is InChI=1S/C16H14ClN3OS/c17-14-6-3-12(4-7-14)5-8-15(21)20-16(22)19-11-13-2-1-9-18-10-13/h1-10H,11H2,(H2,19,20,21,22)/b8-5+. The first kappa shape index (κ1) is 16.1. The second kappa shape index (κ2) is 8.26. The summed E-state index contributed by atoms with van der Waals surface area (Å²) in [5, 5.41) is 6.45. The Bertz CT molecular complexity index is 672. The predicted octanol–water partition coefficient (Wildman–Crippen LogP) is 2.94. The minimum atomic E-state index is -0.293. The molecule has 6 heteroatoms. The van der Waals surface area contributed by atoms with E-state index in [-0.39, 0.29) is 11.0 Å². The van der Waals surface area contributed by atoms with Crippen LogP contribution >= 0.6 is 23.8 Å². The maximum absolute atomic E-state index is 11.7. The molecule has 1 heterocycles. The number of benzene rings is 1. The fourth-order valence-corrected chi connectivity index (χ4v) is 1.93. The molecule has 22 heavy (non-hydrogen) atoms. The van der Waals surface area contributed by atoms with Crippen molar-refractivity contribution in [2.75, 3.05) is 0 Å². The van der Waals surface area contributed by atoms with E-state index in [4.69, 9.17) is 23.8 Å². The van der Waals surface area contributed by atoms with Crippen molar-refractivity contribution in [1.82, 2.24) is 15.6 Å². The Morgan fingerprint density at radius 3 is 2.73 bits per heavy atom. The fraction of sp³-hybridized carbons (Fsp3) is 0.0625. The minimum Gasteiger partial charge on any atom is -0.358 e. The van der Waals surface area contributed by atoms with Crippen molar-refractivity contribution >= 4 is 40.9 Å². The van der Waals surface area contributed by atoms with Crippen LogP contribution in [0.15, 0.2) is 54.9 Å². The average Bonchev–Trinajstić information content (AvgIpc) is 2.53. The number of nitrogens with one attached hydrogen (secondary N) is 2. The van der Waals surface area contributed by atoms with Crippen molar-refractivity contribution in [3.05, 3.63) is 71.0 Å². The molecule has 1 amide bonds. The van der Waals surface area contributed by atoms with Gasteiger partial charge in [0.1, 0.15) is 0 Å². The molecule has 0 saturated carbocycles. The molecule has 4 nitrogen and oxygen atoms in total. The number of carbonyl (C=O) groups is 1. The molecule has 0 spiro atoms. The molecule has 1 aromatic heterocycles. The Morgan fingerprint density at radius 1 is 1.27 bits per heavy atom. The highest BCUT2D eigenvalue weighted by atomic mass is 35.5. The number of nitrogens with zero attached hydrogens (tertiary/aromatic N) is 1. The quantitative estimate of drug-likeness (QED) is 0.668. The van der Waals surface area contributed by atoms with Crippen molar-refractivity contribution in [3.8, 4) is 0 Å². The fourth-order valence-electron chi connectivity index (χ4n) is 1.63. The lowest BCUT2D eigenvalue weighted by Crippen LogP contribution is -2.37. The normalized spacial score (nSPS) is 10.4. The number of pyridine rings is 1. The highest BCUT2D eigenvalue weighted by Crippen LogP contribution is 2.10. The zero-order chi connectivity index (χ0) is 15.8. The molecular weight excluding hydrogens is 318 g/mol. The number of halogens is 1. The van der Waals surface area contributed by atoms with Crippen LogP contribution < -0.4 is 10.6 Å². The van der Waals surface area contributed by atoms with E-state index >= 15 is 0 Å². The summed E-state index contributed by atoms with van der Waals surface area (Å²) in [5.74, 6) is -0.293. The molecule has 0 fully saturated rings. The summed E-state index contributed by atoms with van der Waals surface area (Å²) in [5.41, 5.74) is 1.87. The van der Waals surface area contributed by atoms with Crippen LogP contribution in [0.25, 0.3) is 6.08 Å². The van der Waals surface area contributed by atoms with E-state index in [1.165, 1.54) is 6.08 Å². The number of aromatic nitrogens is 1. The molecule has 0 bridgehead atoms. The second-order valence-corrected chi connectivity index (χ2v) is 5.26. The summed E-state index contributed by atoms with van der Waals surface area (Å²) >= 11 is 10.9. The minimum absolute atomic E-state index is 0.273. The van der Waals surface area contributed by atoms with Crippen molar-refractivity contribution in [2.24, 2.45) is 0 Å². The Morgan fingerprint density at radius 2 is 2.05 bits per heavy atom. The number of amides is 1. The lowest BCUT2D eigenvalue weighted by atomic mass is 10.2. The van der Waals surface area contributed by atoms with Gasteiger partial charge in [-0.2, -0.15) is 0 Å². The van der Waals surface area contributed by atoms with Gasteiger partial charge in [0.25, 0.3) is 0 Å². The molecule has 0 unspecified atom stereocenters. The van der Waals surface area contributed by atoms with Crippen molar-refractivity contribution < 1.29 is 4.79 Å². The van der Waals surface area contributed by atoms with Crippen molar-refractivity contribution in [2.45, 2.75) is 6.54 Å². The number of thiocarbonyl (C=S) groups is 1. The highest BCUT2D eigenvalue weighted by molar-refractivity contribution is 7.80. The molecule has 2 rings (SSSR count). The Kier molecular flexibility index (Phi) is 6.06. The van der Waals surface area contributed by atoms with Crippen LogP contribution in [0.5, 0.6) is 0 Å². The van der Waals surface area contributed by atoms with E-state index in [0.717, 1.165) is 11.1 Å². The van der Waals surface area contributed by atoms with Crippen LogP contribution in [-0.2, 0) is 11.3 Å². The molecule has 0 aliphatic rings. The smallest absolute Gasteiger partial charge is 0.250 e. The van der Waals surface area contributed by atoms with E-state index in [1.54, 1.807) is 30.6 Å². The first-order chi connectivity index (χ1) is 10.6. The largest absolute Gasteiger partial charge is 0.358 e. The summed E-state index contributed by atoms with van der Waals surface area (Å²) in [6, 6.07) is 10.9. The van der Waals surface area contributed by atoms with Gasteiger partial charge in [-0.1, -0.05) is 29.8 Å². The SMILES string of the molecule is O=C(/C=C/c1ccc(Cl)cc1)NC(=S)NCc1cccnc1. The van der Waals surface area contributed by atoms with Gasteiger partial charge in [0, 0.05) is 30.0 Å². The van der Waals surface area contributed by atoms with Gasteiger partial charge < -0.3 is 5.32 Å².